The molecule has 2 N–H and O–H groups in total. The molecule has 0 aliphatic carbocycles. The van der Waals surface area contributed by atoms with Crippen LogP contribution >= 0.6 is 15.9 Å². The molecule has 0 aromatic heterocycles. The first kappa shape index (κ1) is 16.5. The van der Waals surface area contributed by atoms with E-state index in [2.05, 4.69) is 26.6 Å². The standard InChI is InChI=1S/C13H18BrF3N2/c1-9(2)19-6-5-18-8-10-3-4-11(14)7-12(10)13(15,16)17/h3-4,7,9,18-19H,5-6,8H2,1-2H3. The molecule has 0 saturated carbocycles. The minimum Gasteiger partial charge on any atom is -0.313 e. The van der Waals surface area contributed by atoms with Crippen molar-refractivity contribution in [1.29, 1.82) is 0 Å². The van der Waals surface area contributed by atoms with Gasteiger partial charge in [-0.2, -0.15) is 13.2 Å². The van der Waals surface area contributed by atoms with Crippen LogP contribution in [-0.4, -0.2) is 19.1 Å². The van der Waals surface area contributed by atoms with Crippen molar-refractivity contribution in [3.05, 3.63) is 33.8 Å². The van der Waals surface area contributed by atoms with E-state index in [9.17, 15) is 13.2 Å². The summed E-state index contributed by atoms with van der Waals surface area (Å²) >= 11 is 3.07. The average Bonchev–Trinajstić information content (AvgIpc) is 2.28. The summed E-state index contributed by atoms with van der Waals surface area (Å²) in [5.74, 6) is 0. The molecule has 0 saturated heterocycles. The fraction of sp³-hybridized carbons (Fsp3) is 0.538. The Labute approximate surface area is 119 Å². The quantitative estimate of drug-likeness (QED) is 0.775. The Balaban J connectivity index is 2.58. The molecule has 0 heterocycles. The van der Waals surface area contributed by atoms with Gasteiger partial charge in [-0.05, 0) is 17.7 Å². The zero-order valence-electron chi connectivity index (χ0n) is 10.9. The zero-order chi connectivity index (χ0) is 14.5. The predicted octanol–water partition coefficient (Wildman–Crippen LogP) is 3.56. The highest BCUT2D eigenvalue weighted by molar-refractivity contribution is 9.10. The number of halogens is 4. The van der Waals surface area contributed by atoms with E-state index in [1.165, 1.54) is 6.07 Å². The predicted molar refractivity (Wildman–Crippen MR) is 74.0 cm³/mol. The normalized spacial score (nSPS) is 12.2. The van der Waals surface area contributed by atoms with Crippen molar-refractivity contribution in [2.75, 3.05) is 13.1 Å². The topological polar surface area (TPSA) is 24.1 Å². The van der Waals surface area contributed by atoms with Gasteiger partial charge in [-0.25, -0.2) is 0 Å². The molecule has 1 aromatic carbocycles. The van der Waals surface area contributed by atoms with Gasteiger partial charge in [0.2, 0.25) is 0 Å². The molecule has 0 radical (unpaired) electrons. The summed E-state index contributed by atoms with van der Waals surface area (Å²) in [6.07, 6.45) is -4.32. The number of nitrogens with one attached hydrogen (secondary N) is 2. The van der Waals surface area contributed by atoms with Gasteiger partial charge >= 0.3 is 6.18 Å². The molecule has 1 rings (SSSR count). The van der Waals surface area contributed by atoms with Crippen LogP contribution in [0.3, 0.4) is 0 Å². The van der Waals surface area contributed by atoms with Crippen LogP contribution < -0.4 is 10.6 Å². The molecule has 2 nitrogen and oxygen atoms in total. The lowest BCUT2D eigenvalue weighted by atomic mass is 10.1. The van der Waals surface area contributed by atoms with E-state index >= 15 is 0 Å². The first-order valence-electron chi connectivity index (χ1n) is 6.10. The molecule has 0 amide bonds. The minimum atomic E-state index is -4.32. The Hall–Kier alpha value is -0.590. The fourth-order valence-corrected chi connectivity index (χ4v) is 2.00. The van der Waals surface area contributed by atoms with E-state index in [4.69, 9.17) is 0 Å². The second kappa shape index (κ2) is 7.26. The summed E-state index contributed by atoms with van der Waals surface area (Å²) in [7, 11) is 0. The van der Waals surface area contributed by atoms with Gasteiger partial charge in [0.05, 0.1) is 5.56 Å². The Bertz CT molecular complexity index is 405. The van der Waals surface area contributed by atoms with E-state index in [1.807, 2.05) is 13.8 Å². The number of hydrogen-bond donors (Lipinski definition) is 2. The summed E-state index contributed by atoms with van der Waals surface area (Å²) in [6, 6.07) is 4.61. The number of alkyl halides is 3. The second-order valence-corrected chi connectivity index (χ2v) is 5.50. The molecule has 6 heteroatoms. The maximum atomic E-state index is 12.8. The molecule has 0 spiro atoms. The summed E-state index contributed by atoms with van der Waals surface area (Å²) in [5, 5.41) is 6.20. The van der Waals surface area contributed by atoms with Crippen LogP contribution in [0.25, 0.3) is 0 Å². The number of rotatable bonds is 6. The minimum absolute atomic E-state index is 0.210. The average molecular weight is 339 g/mol. The molecule has 0 fully saturated rings. The van der Waals surface area contributed by atoms with Gasteiger partial charge in [0, 0.05) is 30.1 Å². The molecule has 0 aliphatic rings. The first-order chi connectivity index (χ1) is 8.80. The van der Waals surface area contributed by atoms with Crippen molar-refractivity contribution < 1.29 is 13.2 Å². The van der Waals surface area contributed by atoms with Gasteiger partial charge in [0.15, 0.2) is 0 Å². The van der Waals surface area contributed by atoms with Gasteiger partial charge in [-0.15, -0.1) is 0 Å². The SMILES string of the molecule is CC(C)NCCNCc1ccc(Br)cc1C(F)(F)F. The number of benzene rings is 1. The van der Waals surface area contributed by atoms with Gasteiger partial charge in [0.1, 0.15) is 0 Å². The highest BCUT2D eigenvalue weighted by atomic mass is 79.9. The van der Waals surface area contributed by atoms with E-state index in [0.717, 1.165) is 12.6 Å². The van der Waals surface area contributed by atoms with Crippen LogP contribution in [-0.2, 0) is 12.7 Å². The Kier molecular flexibility index (Phi) is 6.29. The molecule has 1 aromatic rings. The molecular weight excluding hydrogens is 321 g/mol. The Morgan fingerprint density at radius 3 is 2.47 bits per heavy atom. The maximum Gasteiger partial charge on any atom is 0.416 e. The maximum absolute atomic E-state index is 12.8. The monoisotopic (exact) mass is 338 g/mol. The molecule has 0 unspecified atom stereocenters. The van der Waals surface area contributed by atoms with Gasteiger partial charge in [-0.1, -0.05) is 35.8 Å². The van der Waals surface area contributed by atoms with Gasteiger partial charge in [0.25, 0.3) is 0 Å². The van der Waals surface area contributed by atoms with E-state index in [-0.39, 0.29) is 12.1 Å². The van der Waals surface area contributed by atoms with Crippen molar-refractivity contribution in [3.8, 4) is 0 Å². The van der Waals surface area contributed by atoms with Crippen LogP contribution in [0, 0.1) is 0 Å². The Morgan fingerprint density at radius 1 is 1.21 bits per heavy atom. The molecular formula is C13H18BrF3N2. The first-order valence-corrected chi connectivity index (χ1v) is 6.89. The summed E-state index contributed by atoms with van der Waals surface area (Å²) in [5.41, 5.74) is -0.327. The van der Waals surface area contributed by atoms with E-state index in [1.54, 1.807) is 6.07 Å². The van der Waals surface area contributed by atoms with Crippen LogP contribution in [0.1, 0.15) is 25.0 Å². The third-order valence-electron chi connectivity index (χ3n) is 2.55. The van der Waals surface area contributed by atoms with Crippen LogP contribution in [0.4, 0.5) is 13.2 Å². The fourth-order valence-electron chi connectivity index (χ4n) is 1.64. The molecule has 19 heavy (non-hydrogen) atoms. The molecule has 0 atom stereocenters. The van der Waals surface area contributed by atoms with Crippen molar-refractivity contribution in [2.45, 2.75) is 32.6 Å². The Morgan fingerprint density at radius 2 is 1.89 bits per heavy atom. The smallest absolute Gasteiger partial charge is 0.313 e. The van der Waals surface area contributed by atoms with Crippen LogP contribution in [0.5, 0.6) is 0 Å². The lowest BCUT2D eigenvalue weighted by Crippen LogP contribution is -2.31. The third-order valence-corrected chi connectivity index (χ3v) is 3.04. The van der Waals surface area contributed by atoms with E-state index < -0.39 is 11.7 Å². The lowest BCUT2D eigenvalue weighted by Gasteiger charge is -2.14. The molecule has 0 aliphatic heterocycles. The van der Waals surface area contributed by atoms with Gasteiger partial charge in [-0.3, -0.25) is 0 Å². The third kappa shape index (κ3) is 5.93. The summed E-state index contributed by atoms with van der Waals surface area (Å²) in [6.45, 7) is 5.62. The summed E-state index contributed by atoms with van der Waals surface area (Å²) < 4.78 is 39.0. The van der Waals surface area contributed by atoms with Gasteiger partial charge < -0.3 is 10.6 Å². The summed E-state index contributed by atoms with van der Waals surface area (Å²) in [4.78, 5) is 0. The highest BCUT2D eigenvalue weighted by Gasteiger charge is 2.33. The van der Waals surface area contributed by atoms with Crippen molar-refractivity contribution in [2.24, 2.45) is 0 Å². The van der Waals surface area contributed by atoms with Crippen molar-refractivity contribution >= 4 is 15.9 Å². The van der Waals surface area contributed by atoms with Crippen molar-refractivity contribution in [1.82, 2.24) is 10.6 Å². The molecule has 108 valence electrons. The van der Waals surface area contributed by atoms with Crippen LogP contribution in [0.15, 0.2) is 22.7 Å². The van der Waals surface area contributed by atoms with E-state index in [0.29, 0.717) is 17.1 Å². The molecule has 0 bridgehead atoms. The van der Waals surface area contributed by atoms with Crippen LogP contribution in [0.2, 0.25) is 0 Å². The zero-order valence-corrected chi connectivity index (χ0v) is 12.5. The van der Waals surface area contributed by atoms with Crippen molar-refractivity contribution in [3.63, 3.8) is 0 Å². The highest BCUT2D eigenvalue weighted by Crippen LogP contribution is 2.33. The largest absolute Gasteiger partial charge is 0.416 e. The number of hydrogen-bond acceptors (Lipinski definition) is 2. The lowest BCUT2D eigenvalue weighted by molar-refractivity contribution is -0.138. The second-order valence-electron chi connectivity index (χ2n) is 4.58.